The predicted molar refractivity (Wildman–Crippen MR) is 108 cm³/mol. The van der Waals surface area contributed by atoms with E-state index in [2.05, 4.69) is 73.3 Å². The van der Waals surface area contributed by atoms with Gasteiger partial charge in [-0.15, -0.1) is 0 Å². The van der Waals surface area contributed by atoms with Gasteiger partial charge in [0.2, 0.25) is 5.72 Å². The van der Waals surface area contributed by atoms with E-state index < -0.39 is 0 Å². The maximum absolute atomic E-state index is 6.65. The monoisotopic (exact) mass is 361 g/mol. The Balaban J connectivity index is 1.60. The van der Waals surface area contributed by atoms with Crippen LogP contribution in [-0.4, -0.2) is 41.5 Å². The third kappa shape index (κ3) is 2.66. The number of likely N-dealkylation sites (tertiary alicyclic amines) is 1. The van der Waals surface area contributed by atoms with Crippen molar-refractivity contribution in [3.63, 3.8) is 0 Å². The average molecular weight is 361 g/mol. The lowest BCUT2D eigenvalue weighted by Crippen LogP contribution is -2.58. The van der Waals surface area contributed by atoms with Crippen molar-refractivity contribution in [2.45, 2.75) is 44.9 Å². The highest BCUT2D eigenvalue weighted by atomic mass is 16.5. The Morgan fingerprint density at radius 3 is 2.67 bits per heavy atom. The van der Waals surface area contributed by atoms with Gasteiger partial charge in [-0.3, -0.25) is 0 Å². The molecule has 1 fully saturated rings. The Hall–Kier alpha value is -2.33. The minimum Gasteiger partial charge on any atom is -0.466 e. The van der Waals surface area contributed by atoms with Crippen LogP contribution in [0.3, 0.4) is 0 Å². The number of aryl methyl sites for hydroxylation is 2. The van der Waals surface area contributed by atoms with E-state index in [1.165, 1.54) is 28.0 Å². The second-order valence-corrected chi connectivity index (χ2v) is 8.32. The highest BCUT2D eigenvalue weighted by Gasteiger charge is 2.51. The minimum atomic E-state index is -0.314. The molecule has 3 heterocycles. The third-order valence-corrected chi connectivity index (χ3v) is 6.38. The summed E-state index contributed by atoms with van der Waals surface area (Å²) < 4.78 is 6.65. The van der Waals surface area contributed by atoms with Gasteiger partial charge in [-0.25, -0.2) is 5.01 Å². The molecular formula is C23H27N3O. The van der Waals surface area contributed by atoms with Crippen molar-refractivity contribution >= 4 is 5.71 Å². The number of hydrazone groups is 1. The van der Waals surface area contributed by atoms with Crippen molar-refractivity contribution in [3.8, 4) is 5.75 Å². The van der Waals surface area contributed by atoms with Gasteiger partial charge >= 0.3 is 0 Å². The molecule has 1 atom stereocenters. The Labute approximate surface area is 161 Å². The molecule has 1 saturated heterocycles. The molecular weight excluding hydrogens is 334 g/mol. The fraction of sp³-hybridized carbons (Fsp3) is 0.435. The van der Waals surface area contributed by atoms with Gasteiger partial charge in [0.25, 0.3) is 0 Å². The largest absolute Gasteiger partial charge is 0.466 e. The van der Waals surface area contributed by atoms with Crippen LogP contribution in [0, 0.1) is 13.8 Å². The Morgan fingerprint density at radius 2 is 1.85 bits per heavy atom. The van der Waals surface area contributed by atoms with Crippen LogP contribution in [0.25, 0.3) is 0 Å². The molecule has 2 aromatic carbocycles. The molecule has 0 unspecified atom stereocenters. The van der Waals surface area contributed by atoms with E-state index in [1.807, 2.05) is 0 Å². The second kappa shape index (κ2) is 6.10. The zero-order valence-electron chi connectivity index (χ0n) is 16.4. The first-order valence-corrected chi connectivity index (χ1v) is 9.97. The molecule has 0 aliphatic carbocycles. The predicted octanol–water partition coefficient (Wildman–Crippen LogP) is 4.27. The maximum Gasteiger partial charge on any atom is 0.200 e. The van der Waals surface area contributed by atoms with Crippen LogP contribution >= 0.6 is 0 Å². The van der Waals surface area contributed by atoms with Gasteiger partial charge in [0.1, 0.15) is 5.75 Å². The number of rotatable bonds is 1. The third-order valence-electron chi connectivity index (χ3n) is 6.38. The Bertz CT molecular complexity index is 912. The number of fused-ring (bicyclic) bond motifs is 4. The van der Waals surface area contributed by atoms with Crippen molar-refractivity contribution < 1.29 is 4.74 Å². The first-order valence-electron chi connectivity index (χ1n) is 9.97. The van der Waals surface area contributed by atoms with Gasteiger partial charge in [0.15, 0.2) is 0 Å². The molecule has 3 aliphatic rings. The molecule has 0 amide bonds. The molecule has 0 saturated carbocycles. The van der Waals surface area contributed by atoms with Crippen LogP contribution in [0.5, 0.6) is 5.75 Å². The summed E-state index contributed by atoms with van der Waals surface area (Å²) in [6.07, 6.45) is 2.91. The summed E-state index contributed by atoms with van der Waals surface area (Å²) in [6, 6.07) is 15.5. The lowest BCUT2D eigenvalue weighted by molar-refractivity contribution is -0.147. The van der Waals surface area contributed by atoms with Crippen molar-refractivity contribution in [1.82, 2.24) is 9.91 Å². The Morgan fingerprint density at radius 1 is 1.07 bits per heavy atom. The summed E-state index contributed by atoms with van der Waals surface area (Å²) in [4.78, 5) is 2.38. The zero-order chi connectivity index (χ0) is 18.6. The molecule has 2 aromatic rings. The molecule has 140 valence electrons. The summed E-state index contributed by atoms with van der Waals surface area (Å²) in [5.74, 6) is 1.04. The van der Waals surface area contributed by atoms with E-state index in [4.69, 9.17) is 9.84 Å². The molecule has 3 aliphatic heterocycles. The number of hydrogen-bond acceptors (Lipinski definition) is 4. The molecule has 1 spiro atoms. The second-order valence-electron chi connectivity index (χ2n) is 8.32. The number of hydrogen-bond donors (Lipinski definition) is 0. The van der Waals surface area contributed by atoms with E-state index >= 15 is 0 Å². The van der Waals surface area contributed by atoms with E-state index in [1.54, 1.807) is 0 Å². The van der Waals surface area contributed by atoms with Gasteiger partial charge in [-0.2, -0.15) is 5.10 Å². The lowest BCUT2D eigenvalue weighted by atomic mass is 9.90. The first-order chi connectivity index (χ1) is 13.1. The van der Waals surface area contributed by atoms with E-state index in [9.17, 15) is 0 Å². The smallest absolute Gasteiger partial charge is 0.200 e. The molecule has 0 aromatic heterocycles. The van der Waals surface area contributed by atoms with Gasteiger partial charge < -0.3 is 9.64 Å². The molecule has 0 bridgehead atoms. The number of piperidine rings is 1. The van der Waals surface area contributed by atoms with Crippen LogP contribution in [0.2, 0.25) is 0 Å². The van der Waals surface area contributed by atoms with Crippen LogP contribution in [0.4, 0.5) is 0 Å². The van der Waals surface area contributed by atoms with Crippen molar-refractivity contribution in [3.05, 3.63) is 64.7 Å². The summed E-state index contributed by atoms with van der Waals surface area (Å²) in [6.45, 7) is 6.42. The quantitative estimate of drug-likeness (QED) is 0.759. The highest BCUT2D eigenvalue weighted by Crippen LogP contribution is 2.49. The van der Waals surface area contributed by atoms with E-state index in [0.29, 0.717) is 0 Å². The minimum absolute atomic E-state index is 0.272. The first kappa shape index (κ1) is 16.8. The summed E-state index contributed by atoms with van der Waals surface area (Å²) >= 11 is 0. The molecule has 5 rings (SSSR count). The molecule has 0 N–H and O–H groups in total. The van der Waals surface area contributed by atoms with Gasteiger partial charge in [-0.1, -0.05) is 35.9 Å². The SMILES string of the molecule is Cc1ccc(C)c(C2=NN3[C@@H](C2)c2ccccc2OC32CCN(C)CC2)c1. The summed E-state index contributed by atoms with van der Waals surface area (Å²) in [5, 5.41) is 7.49. The topological polar surface area (TPSA) is 28.1 Å². The van der Waals surface area contributed by atoms with Crippen LogP contribution < -0.4 is 4.74 Å². The fourth-order valence-corrected chi connectivity index (χ4v) is 4.74. The summed E-state index contributed by atoms with van der Waals surface area (Å²) in [5.41, 5.74) is 6.01. The molecule has 4 heteroatoms. The van der Waals surface area contributed by atoms with Crippen LogP contribution in [0.15, 0.2) is 47.6 Å². The standard InChI is InChI=1S/C23H27N3O/c1-16-8-9-17(2)19(14-16)20-15-21-18-6-4-5-7-22(18)27-23(26(21)24-20)10-12-25(3)13-11-23/h4-9,14,21H,10-13,15H2,1-3H3/t21-/m0/s1. The maximum atomic E-state index is 6.65. The van der Waals surface area contributed by atoms with E-state index in [0.717, 1.165) is 38.1 Å². The summed E-state index contributed by atoms with van der Waals surface area (Å²) in [7, 11) is 2.19. The van der Waals surface area contributed by atoms with Gasteiger partial charge in [-0.05, 0) is 38.6 Å². The number of para-hydroxylation sites is 1. The zero-order valence-corrected chi connectivity index (χ0v) is 16.4. The number of ether oxygens (including phenoxy) is 1. The van der Waals surface area contributed by atoms with Crippen molar-refractivity contribution in [2.24, 2.45) is 5.10 Å². The van der Waals surface area contributed by atoms with Crippen LogP contribution in [-0.2, 0) is 0 Å². The number of nitrogens with zero attached hydrogens (tertiary/aromatic N) is 3. The molecule has 0 radical (unpaired) electrons. The van der Waals surface area contributed by atoms with E-state index in [-0.39, 0.29) is 11.8 Å². The van der Waals surface area contributed by atoms with Crippen LogP contribution in [0.1, 0.15) is 47.6 Å². The molecule has 27 heavy (non-hydrogen) atoms. The van der Waals surface area contributed by atoms with Crippen molar-refractivity contribution in [1.29, 1.82) is 0 Å². The normalized spacial score (nSPS) is 23.6. The average Bonchev–Trinajstić information content (AvgIpc) is 3.13. The van der Waals surface area contributed by atoms with Gasteiger partial charge in [0.05, 0.1) is 11.8 Å². The lowest BCUT2D eigenvalue weighted by Gasteiger charge is -2.50. The van der Waals surface area contributed by atoms with Gasteiger partial charge in [0, 0.05) is 43.5 Å². The molecule has 4 nitrogen and oxygen atoms in total. The van der Waals surface area contributed by atoms with Crippen molar-refractivity contribution in [2.75, 3.05) is 20.1 Å². The fourth-order valence-electron chi connectivity index (χ4n) is 4.74. The Kier molecular flexibility index (Phi) is 3.80. The number of benzene rings is 2. The highest BCUT2D eigenvalue weighted by molar-refractivity contribution is 6.03.